The van der Waals surface area contributed by atoms with E-state index in [0.717, 1.165) is 25.7 Å². The van der Waals surface area contributed by atoms with Gasteiger partial charge in [-0.3, -0.25) is 9.59 Å². The van der Waals surface area contributed by atoms with Crippen LogP contribution < -0.4 is 11.4 Å². The predicted molar refractivity (Wildman–Crippen MR) is 184 cm³/mol. The average molecular weight is 674 g/mol. The number of hydrogen-bond acceptors (Lipinski definition) is 7. The van der Waals surface area contributed by atoms with Gasteiger partial charge < -0.3 is 14.6 Å². The van der Waals surface area contributed by atoms with Crippen LogP contribution in [0.3, 0.4) is 0 Å². The Balaban J connectivity index is 1.47. The van der Waals surface area contributed by atoms with E-state index in [4.69, 9.17) is 9.47 Å². The summed E-state index contributed by atoms with van der Waals surface area (Å²) in [7, 11) is 0. The van der Waals surface area contributed by atoms with Gasteiger partial charge in [0.2, 0.25) is 0 Å². The molecule has 2 bridgehead atoms. The molecule has 1 N–H and O–H groups in total. The summed E-state index contributed by atoms with van der Waals surface area (Å²) in [6.07, 6.45) is 12.4. The third-order valence-electron chi connectivity index (χ3n) is 13.3. The normalized spacial score (nSPS) is 37.5. The van der Waals surface area contributed by atoms with Crippen molar-refractivity contribution in [3.8, 4) is 5.69 Å². The van der Waals surface area contributed by atoms with Gasteiger partial charge in [-0.1, -0.05) is 70.0 Å². The zero-order valence-electron chi connectivity index (χ0n) is 29.8. The highest BCUT2D eigenvalue weighted by molar-refractivity contribution is 5.67. The molecule has 10 nitrogen and oxygen atoms in total. The van der Waals surface area contributed by atoms with Crippen LogP contribution in [0.4, 0.5) is 0 Å². The molecular weight excluding hydrogens is 622 g/mol. The Morgan fingerprint density at radius 2 is 1.63 bits per heavy atom. The van der Waals surface area contributed by atoms with Crippen LogP contribution in [-0.4, -0.2) is 48.8 Å². The summed E-state index contributed by atoms with van der Waals surface area (Å²) in [5.41, 5.74) is -4.23. The van der Waals surface area contributed by atoms with E-state index >= 15 is 4.79 Å². The van der Waals surface area contributed by atoms with Crippen LogP contribution in [0.25, 0.3) is 5.69 Å². The summed E-state index contributed by atoms with van der Waals surface area (Å²) < 4.78 is 16.8. The molecule has 10 atom stereocenters. The fourth-order valence-electron chi connectivity index (χ4n) is 11.7. The van der Waals surface area contributed by atoms with E-state index in [1.165, 1.54) is 18.4 Å². The van der Waals surface area contributed by atoms with E-state index in [0.29, 0.717) is 24.4 Å². The van der Waals surface area contributed by atoms with Crippen LogP contribution in [0, 0.1) is 34.5 Å². The quantitative estimate of drug-likeness (QED) is 0.301. The number of allylic oxidation sites excluding steroid dienone is 3. The van der Waals surface area contributed by atoms with Crippen molar-refractivity contribution >= 4 is 11.9 Å². The lowest BCUT2D eigenvalue weighted by Crippen LogP contribution is -2.78. The standard InChI is InChI=1S/C39H51N3O7/c1-24(12-11-18-35(4,5)47)29-15-16-31-36(29,6)23-30(49-26(3)44)32-37(7)19-17-28(48-25(2)43)22-38(37)20-21-39(31,32)42-34(46)40(33(45)41(38)42)27-13-9-8-10-14-27/h8-10,13-14,17,19-21,24,28-32,47H,11-12,15-16,18,22-23H2,1-7H3/t24-,28+,29-,30-,31-,32-,36-,37-,38-,39+/m1/s1. The van der Waals surface area contributed by atoms with Gasteiger partial charge in [0.05, 0.1) is 22.4 Å². The molecule has 49 heavy (non-hydrogen) atoms. The molecule has 264 valence electrons. The van der Waals surface area contributed by atoms with Crippen LogP contribution in [0.15, 0.2) is 64.2 Å². The molecule has 0 radical (unpaired) electrons. The van der Waals surface area contributed by atoms with Gasteiger partial charge in [-0.05, 0) is 80.9 Å². The summed E-state index contributed by atoms with van der Waals surface area (Å²) in [6.45, 7) is 13.2. The number of ether oxygens (including phenoxy) is 2. The Morgan fingerprint density at radius 1 is 0.959 bits per heavy atom. The maximum absolute atomic E-state index is 15.0. The average Bonchev–Trinajstić information content (AvgIpc) is 3.50. The smallest absolute Gasteiger partial charge is 0.352 e. The second-order valence-corrected chi connectivity index (χ2v) is 16.8. The van der Waals surface area contributed by atoms with Crippen LogP contribution in [0.1, 0.15) is 93.4 Å². The lowest BCUT2D eigenvalue weighted by Gasteiger charge is -2.71. The topological polar surface area (TPSA) is 122 Å². The summed E-state index contributed by atoms with van der Waals surface area (Å²) >= 11 is 0. The van der Waals surface area contributed by atoms with Crippen molar-refractivity contribution in [3.05, 3.63) is 75.6 Å². The fourth-order valence-corrected chi connectivity index (χ4v) is 11.7. The highest BCUT2D eigenvalue weighted by Crippen LogP contribution is 2.73. The number of aromatic nitrogens is 3. The minimum Gasteiger partial charge on any atom is -0.462 e. The molecule has 0 amide bonds. The summed E-state index contributed by atoms with van der Waals surface area (Å²) in [5, 5.41) is 10.4. The van der Waals surface area contributed by atoms with Crippen LogP contribution >= 0.6 is 0 Å². The van der Waals surface area contributed by atoms with Gasteiger partial charge in [0.1, 0.15) is 12.2 Å². The van der Waals surface area contributed by atoms with Gasteiger partial charge in [0.25, 0.3) is 0 Å². The molecule has 2 fully saturated rings. The van der Waals surface area contributed by atoms with Gasteiger partial charge in [0, 0.05) is 31.6 Å². The number of esters is 2. The highest BCUT2D eigenvalue weighted by Gasteiger charge is 2.77. The van der Waals surface area contributed by atoms with Gasteiger partial charge in [-0.25, -0.2) is 23.5 Å². The minimum absolute atomic E-state index is 0.0283. The van der Waals surface area contributed by atoms with E-state index in [2.05, 4.69) is 39.0 Å². The number of fused-ring (bicyclic) bond motifs is 1. The largest absolute Gasteiger partial charge is 0.462 e. The lowest BCUT2D eigenvalue weighted by molar-refractivity contribution is -0.222. The van der Waals surface area contributed by atoms with Crippen LogP contribution in [0.2, 0.25) is 0 Å². The molecule has 1 aromatic carbocycles. The molecule has 10 heteroatoms. The summed E-state index contributed by atoms with van der Waals surface area (Å²) in [4.78, 5) is 55.0. The first-order chi connectivity index (χ1) is 23.0. The molecule has 3 heterocycles. The molecule has 2 aromatic rings. The molecule has 0 saturated heterocycles. The first-order valence-corrected chi connectivity index (χ1v) is 18.0. The molecular formula is C39H51N3O7. The van der Waals surface area contributed by atoms with Crippen LogP contribution in [-0.2, 0) is 30.1 Å². The lowest BCUT2D eigenvalue weighted by atomic mass is 9.40. The van der Waals surface area contributed by atoms with E-state index in [1.807, 2.05) is 38.1 Å². The SMILES string of the molecule is CC(=O)O[C@H]1C=C[C@]2(C)[C@H]3[C@H](OC(C)=O)C[C@]4(C)[C@@H]([C@H](C)CCCC(C)(C)O)CC[C@H]4[C@@]34C=C[C@]2(C1)n1c(=O)n(-c2ccccc2)c(=O)n14. The van der Waals surface area contributed by atoms with E-state index < -0.39 is 51.7 Å². The first-order valence-electron chi connectivity index (χ1n) is 18.0. The number of aliphatic hydroxyl groups is 1. The zero-order chi connectivity index (χ0) is 35.3. The molecule has 4 aliphatic carbocycles. The van der Waals surface area contributed by atoms with E-state index in [1.54, 1.807) is 21.5 Å². The Bertz CT molecular complexity index is 1850. The van der Waals surface area contributed by atoms with Crippen molar-refractivity contribution in [3.63, 3.8) is 0 Å². The number of rotatable bonds is 8. The zero-order valence-corrected chi connectivity index (χ0v) is 29.8. The molecule has 0 unspecified atom stereocenters. The molecule has 8 rings (SSSR count). The number of benzene rings is 1. The third kappa shape index (κ3) is 4.68. The van der Waals surface area contributed by atoms with Crippen molar-refractivity contribution in [1.29, 1.82) is 0 Å². The third-order valence-corrected chi connectivity index (χ3v) is 13.3. The van der Waals surface area contributed by atoms with E-state index in [-0.39, 0.29) is 35.6 Å². The molecule has 2 saturated carbocycles. The van der Waals surface area contributed by atoms with Crippen molar-refractivity contribution in [2.75, 3.05) is 0 Å². The Morgan fingerprint density at radius 3 is 2.29 bits per heavy atom. The number of carbonyl (C=O) groups excluding carboxylic acids is 2. The minimum atomic E-state index is -1.07. The number of para-hydroxylation sites is 1. The summed E-state index contributed by atoms with van der Waals surface area (Å²) in [6, 6.07) is 9.02. The fraction of sp³-hybridized carbons (Fsp3) is 0.641. The van der Waals surface area contributed by atoms with Crippen molar-refractivity contribution in [2.45, 2.75) is 122 Å². The maximum Gasteiger partial charge on any atom is 0.352 e. The van der Waals surface area contributed by atoms with Gasteiger partial charge in [-0.15, -0.1) is 0 Å². The second-order valence-electron chi connectivity index (χ2n) is 16.8. The number of nitrogens with zero attached hydrogens (tertiary/aromatic N) is 3. The first kappa shape index (κ1) is 33.8. The maximum atomic E-state index is 15.0. The monoisotopic (exact) mass is 673 g/mol. The Hall–Kier alpha value is -3.66. The van der Waals surface area contributed by atoms with E-state index in [9.17, 15) is 19.5 Å². The van der Waals surface area contributed by atoms with Gasteiger partial charge in [-0.2, -0.15) is 0 Å². The van der Waals surface area contributed by atoms with Gasteiger partial charge in [0.15, 0.2) is 0 Å². The summed E-state index contributed by atoms with van der Waals surface area (Å²) in [5.74, 6) is -0.576. The van der Waals surface area contributed by atoms with Crippen LogP contribution in [0.5, 0.6) is 0 Å². The number of carbonyl (C=O) groups is 2. The predicted octanol–water partition coefficient (Wildman–Crippen LogP) is 5.23. The molecule has 6 aliphatic rings. The Labute approximate surface area is 287 Å². The highest BCUT2D eigenvalue weighted by atomic mass is 16.5. The van der Waals surface area contributed by atoms with Gasteiger partial charge >= 0.3 is 23.3 Å². The van der Waals surface area contributed by atoms with Crippen molar-refractivity contribution in [2.24, 2.45) is 34.5 Å². The van der Waals surface area contributed by atoms with Crippen molar-refractivity contribution in [1.82, 2.24) is 13.9 Å². The number of hydrogen-bond donors (Lipinski definition) is 1. The second kappa shape index (κ2) is 11.2. The molecule has 2 aliphatic heterocycles. The Kier molecular flexibility index (Phi) is 7.71. The van der Waals surface area contributed by atoms with Crippen molar-refractivity contribution < 1.29 is 24.2 Å². The molecule has 2 spiro atoms. The molecule has 1 aromatic heterocycles.